The number of rotatable bonds is 5. The van der Waals surface area contributed by atoms with Crippen LogP contribution in [0.25, 0.3) is 10.9 Å². The van der Waals surface area contributed by atoms with Crippen LogP contribution < -0.4 is 5.32 Å². The highest BCUT2D eigenvalue weighted by Crippen LogP contribution is 2.29. The van der Waals surface area contributed by atoms with Crippen molar-refractivity contribution in [3.63, 3.8) is 0 Å². The van der Waals surface area contributed by atoms with Crippen LogP contribution >= 0.6 is 11.6 Å². The Kier molecular flexibility index (Phi) is 4.22. The molecular formula is C16H14ClN5. The summed E-state index contributed by atoms with van der Waals surface area (Å²) >= 11 is 6.17. The summed E-state index contributed by atoms with van der Waals surface area (Å²) in [5, 5.41) is 14.1. The molecule has 0 saturated carbocycles. The molecule has 5 nitrogen and oxygen atoms in total. The zero-order valence-corrected chi connectivity index (χ0v) is 12.6. The molecule has 1 N–H and O–H groups in total. The second kappa shape index (κ2) is 6.46. The third-order valence-electron chi connectivity index (χ3n) is 3.42. The zero-order chi connectivity index (χ0) is 15.4. The van der Waals surface area contributed by atoms with E-state index in [1.165, 1.54) is 0 Å². The second-order valence-electron chi connectivity index (χ2n) is 4.88. The molecule has 2 aromatic heterocycles. The first-order chi connectivity index (χ1) is 10.8. The fraction of sp³-hybridized carbons (Fsp3) is 0.188. The number of fused-ring (bicyclic) bond motifs is 1. The first kappa shape index (κ1) is 14.4. The van der Waals surface area contributed by atoms with E-state index in [0.29, 0.717) is 16.1 Å². The Bertz CT molecular complexity index is 820. The van der Waals surface area contributed by atoms with Crippen LogP contribution in [-0.2, 0) is 6.54 Å². The van der Waals surface area contributed by atoms with Crippen LogP contribution in [0.5, 0.6) is 0 Å². The monoisotopic (exact) mass is 311 g/mol. The van der Waals surface area contributed by atoms with Crippen LogP contribution in [0.4, 0.5) is 5.69 Å². The lowest BCUT2D eigenvalue weighted by Crippen LogP contribution is -2.07. The molecule has 0 unspecified atom stereocenters. The van der Waals surface area contributed by atoms with Gasteiger partial charge >= 0.3 is 0 Å². The molecule has 22 heavy (non-hydrogen) atoms. The van der Waals surface area contributed by atoms with E-state index in [0.717, 1.165) is 30.6 Å². The van der Waals surface area contributed by atoms with E-state index in [9.17, 15) is 5.26 Å². The van der Waals surface area contributed by atoms with Crippen molar-refractivity contribution in [1.82, 2.24) is 14.5 Å². The number of para-hydroxylation sites is 1. The minimum Gasteiger partial charge on any atom is -0.383 e. The third-order valence-corrected chi connectivity index (χ3v) is 3.73. The number of aromatic nitrogens is 3. The Morgan fingerprint density at radius 3 is 3.05 bits per heavy atom. The molecular weight excluding hydrogens is 298 g/mol. The van der Waals surface area contributed by atoms with Gasteiger partial charge < -0.3 is 9.88 Å². The molecule has 6 heteroatoms. The highest BCUT2D eigenvalue weighted by Gasteiger charge is 2.10. The van der Waals surface area contributed by atoms with Crippen LogP contribution in [0, 0.1) is 11.3 Å². The molecule has 3 aromatic rings. The van der Waals surface area contributed by atoms with Crippen molar-refractivity contribution in [3.05, 3.63) is 53.7 Å². The standard InChI is InChI=1S/C16H14ClN5/c17-14-4-1-3-13-15(12(9-18)10-21-16(13)14)20-5-2-7-22-8-6-19-11-22/h1,3-4,6,8,10-11H,2,5,7H2,(H,20,21). The van der Waals surface area contributed by atoms with E-state index in [2.05, 4.69) is 21.4 Å². The summed E-state index contributed by atoms with van der Waals surface area (Å²) in [5.41, 5.74) is 2.03. The maximum Gasteiger partial charge on any atom is 0.103 e. The summed E-state index contributed by atoms with van der Waals surface area (Å²) in [4.78, 5) is 8.29. The van der Waals surface area contributed by atoms with Crippen molar-refractivity contribution in [3.8, 4) is 6.07 Å². The van der Waals surface area contributed by atoms with Gasteiger partial charge in [0.1, 0.15) is 6.07 Å². The van der Waals surface area contributed by atoms with Gasteiger partial charge in [0.05, 0.1) is 28.1 Å². The fourth-order valence-corrected chi connectivity index (χ4v) is 2.58. The van der Waals surface area contributed by atoms with E-state index in [1.54, 1.807) is 24.8 Å². The number of nitriles is 1. The second-order valence-corrected chi connectivity index (χ2v) is 5.28. The number of hydrogen-bond acceptors (Lipinski definition) is 4. The van der Waals surface area contributed by atoms with Crippen LogP contribution in [-0.4, -0.2) is 21.1 Å². The lowest BCUT2D eigenvalue weighted by atomic mass is 10.1. The van der Waals surface area contributed by atoms with E-state index in [-0.39, 0.29) is 0 Å². The van der Waals surface area contributed by atoms with Gasteiger partial charge in [-0.2, -0.15) is 5.26 Å². The van der Waals surface area contributed by atoms with Crippen LogP contribution in [0.3, 0.4) is 0 Å². The van der Waals surface area contributed by atoms with Gasteiger partial charge in [-0.25, -0.2) is 4.98 Å². The maximum atomic E-state index is 9.28. The van der Waals surface area contributed by atoms with Crippen molar-refractivity contribution in [2.75, 3.05) is 11.9 Å². The van der Waals surface area contributed by atoms with Crippen molar-refractivity contribution in [2.45, 2.75) is 13.0 Å². The van der Waals surface area contributed by atoms with Gasteiger partial charge in [-0.3, -0.25) is 4.98 Å². The minimum absolute atomic E-state index is 0.525. The first-order valence-electron chi connectivity index (χ1n) is 6.96. The Labute approximate surface area is 133 Å². The molecule has 110 valence electrons. The Morgan fingerprint density at radius 1 is 1.36 bits per heavy atom. The molecule has 0 spiro atoms. The molecule has 0 aliphatic carbocycles. The van der Waals surface area contributed by atoms with E-state index in [4.69, 9.17) is 11.6 Å². The SMILES string of the molecule is N#Cc1cnc2c(Cl)cccc2c1NCCCn1ccnc1. The van der Waals surface area contributed by atoms with Gasteiger partial charge in [-0.05, 0) is 12.5 Å². The number of imidazole rings is 1. The van der Waals surface area contributed by atoms with E-state index >= 15 is 0 Å². The topological polar surface area (TPSA) is 66.5 Å². The molecule has 0 aliphatic heterocycles. The quantitative estimate of drug-likeness (QED) is 0.733. The number of benzene rings is 1. The predicted octanol–water partition coefficient (Wildman–Crippen LogP) is 3.46. The largest absolute Gasteiger partial charge is 0.383 e. The number of aryl methyl sites for hydroxylation is 1. The predicted molar refractivity (Wildman–Crippen MR) is 86.8 cm³/mol. The molecule has 2 heterocycles. The lowest BCUT2D eigenvalue weighted by molar-refractivity contribution is 0.661. The van der Waals surface area contributed by atoms with Crippen molar-refractivity contribution < 1.29 is 0 Å². The van der Waals surface area contributed by atoms with Crippen LogP contribution in [0.1, 0.15) is 12.0 Å². The van der Waals surface area contributed by atoms with Gasteiger partial charge in [0.25, 0.3) is 0 Å². The summed E-state index contributed by atoms with van der Waals surface area (Å²) in [5.74, 6) is 0. The highest BCUT2D eigenvalue weighted by atomic mass is 35.5. The van der Waals surface area contributed by atoms with Crippen LogP contribution in [0.2, 0.25) is 5.02 Å². The fourth-order valence-electron chi connectivity index (χ4n) is 2.36. The smallest absolute Gasteiger partial charge is 0.103 e. The molecule has 0 aliphatic rings. The number of halogens is 1. The number of pyridine rings is 1. The Morgan fingerprint density at radius 2 is 2.27 bits per heavy atom. The molecule has 0 bridgehead atoms. The normalized spacial score (nSPS) is 10.5. The number of anilines is 1. The van der Waals surface area contributed by atoms with E-state index in [1.807, 2.05) is 22.9 Å². The molecule has 3 rings (SSSR count). The minimum atomic E-state index is 0.525. The van der Waals surface area contributed by atoms with Crippen molar-refractivity contribution >= 4 is 28.2 Å². The summed E-state index contributed by atoms with van der Waals surface area (Å²) in [7, 11) is 0. The number of nitrogens with zero attached hydrogens (tertiary/aromatic N) is 4. The van der Waals surface area contributed by atoms with Crippen molar-refractivity contribution in [1.29, 1.82) is 5.26 Å². The average Bonchev–Trinajstić information content (AvgIpc) is 3.05. The molecule has 1 aromatic carbocycles. The molecule has 0 radical (unpaired) electrons. The molecule has 0 atom stereocenters. The van der Waals surface area contributed by atoms with Gasteiger partial charge in [0.15, 0.2) is 0 Å². The maximum absolute atomic E-state index is 9.28. The molecule has 0 fully saturated rings. The van der Waals surface area contributed by atoms with Gasteiger partial charge in [0.2, 0.25) is 0 Å². The number of nitrogens with one attached hydrogen (secondary N) is 1. The third kappa shape index (κ3) is 2.87. The van der Waals surface area contributed by atoms with Crippen LogP contribution in [0.15, 0.2) is 43.1 Å². The highest BCUT2D eigenvalue weighted by molar-refractivity contribution is 6.35. The number of hydrogen-bond donors (Lipinski definition) is 1. The lowest BCUT2D eigenvalue weighted by Gasteiger charge is -2.12. The van der Waals surface area contributed by atoms with E-state index < -0.39 is 0 Å². The van der Waals surface area contributed by atoms with Gasteiger partial charge in [-0.1, -0.05) is 23.7 Å². The summed E-state index contributed by atoms with van der Waals surface area (Å²) in [6, 6.07) is 7.76. The molecule has 0 amide bonds. The average molecular weight is 312 g/mol. The summed E-state index contributed by atoms with van der Waals surface area (Å²) in [6.45, 7) is 1.62. The van der Waals surface area contributed by atoms with Crippen molar-refractivity contribution in [2.24, 2.45) is 0 Å². The first-order valence-corrected chi connectivity index (χ1v) is 7.34. The van der Waals surface area contributed by atoms with Gasteiger partial charge in [0, 0.05) is 37.1 Å². The molecule has 0 saturated heterocycles. The Balaban J connectivity index is 1.79. The Hall–Kier alpha value is -2.58. The zero-order valence-electron chi connectivity index (χ0n) is 11.8. The summed E-state index contributed by atoms with van der Waals surface area (Å²) in [6.07, 6.45) is 7.97. The van der Waals surface area contributed by atoms with Gasteiger partial charge in [-0.15, -0.1) is 0 Å². The summed E-state index contributed by atoms with van der Waals surface area (Å²) < 4.78 is 2.02.